The SMILES string of the molecule is CCOc1cccc(C2c3c(oc4ccc(C)cc4c3=O)C(=O)N2c2ccc(C)cn2)c1. The molecule has 0 radical (unpaired) electrons. The van der Waals surface area contributed by atoms with Crippen LogP contribution in [0.2, 0.25) is 0 Å². The van der Waals surface area contributed by atoms with Crippen LogP contribution in [-0.4, -0.2) is 17.5 Å². The zero-order valence-corrected chi connectivity index (χ0v) is 18.1. The average molecular weight is 426 g/mol. The Bertz CT molecular complexity index is 1410. The van der Waals surface area contributed by atoms with Crippen LogP contribution in [0.15, 0.2) is 70.0 Å². The van der Waals surface area contributed by atoms with Crippen molar-refractivity contribution < 1.29 is 13.9 Å². The minimum Gasteiger partial charge on any atom is -0.494 e. The quantitative estimate of drug-likeness (QED) is 0.462. The molecule has 1 aliphatic rings. The van der Waals surface area contributed by atoms with Crippen LogP contribution in [0.25, 0.3) is 11.0 Å². The van der Waals surface area contributed by atoms with E-state index in [1.54, 1.807) is 24.4 Å². The van der Waals surface area contributed by atoms with Crippen LogP contribution in [0.3, 0.4) is 0 Å². The molecule has 0 bridgehead atoms. The lowest BCUT2D eigenvalue weighted by Gasteiger charge is -2.24. The summed E-state index contributed by atoms with van der Waals surface area (Å²) in [7, 11) is 0. The van der Waals surface area contributed by atoms with Crippen molar-refractivity contribution in [3.8, 4) is 5.75 Å². The molecular formula is C26H22N2O4. The number of anilines is 1. The van der Waals surface area contributed by atoms with Gasteiger partial charge in [-0.1, -0.05) is 29.8 Å². The van der Waals surface area contributed by atoms with Crippen LogP contribution < -0.4 is 15.1 Å². The number of benzene rings is 2. The predicted octanol–water partition coefficient (Wildman–Crippen LogP) is 4.95. The maximum atomic E-state index is 13.7. The molecule has 32 heavy (non-hydrogen) atoms. The molecule has 4 aromatic rings. The zero-order chi connectivity index (χ0) is 22.4. The minimum absolute atomic E-state index is 0.0561. The number of aryl methyl sites for hydroxylation is 2. The maximum Gasteiger partial charge on any atom is 0.296 e. The third-order valence-corrected chi connectivity index (χ3v) is 5.65. The van der Waals surface area contributed by atoms with E-state index in [4.69, 9.17) is 9.15 Å². The first-order valence-electron chi connectivity index (χ1n) is 10.5. The number of hydrogen-bond donors (Lipinski definition) is 0. The van der Waals surface area contributed by atoms with Crippen LogP contribution >= 0.6 is 0 Å². The van der Waals surface area contributed by atoms with Crippen LogP contribution in [0.4, 0.5) is 5.82 Å². The number of nitrogens with zero attached hydrogens (tertiary/aromatic N) is 2. The van der Waals surface area contributed by atoms with E-state index in [1.807, 2.05) is 57.2 Å². The van der Waals surface area contributed by atoms with Crippen LogP contribution in [0.1, 0.15) is 45.8 Å². The molecule has 0 saturated carbocycles. The van der Waals surface area contributed by atoms with E-state index in [-0.39, 0.29) is 17.1 Å². The Kier molecular flexibility index (Phi) is 4.78. The van der Waals surface area contributed by atoms with Gasteiger partial charge in [0.25, 0.3) is 5.91 Å². The highest BCUT2D eigenvalue weighted by Gasteiger charge is 2.44. The van der Waals surface area contributed by atoms with Gasteiger partial charge in [-0.25, -0.2) is 4.98 Å². The minimum atomic E-state index is -0.672. The van der Waals surface area contributed by atoms with Crippen LogP contribution in [0, 0.1) is 13.8 Å². The molecule has 0 saturated heterocycles. The maximum absolute atomic E-state index is 13.7. The molecule has 1 amide bonds. The Balaban J connectivity index is 1.79. The summed E-state index contributed by atoms with van der Waals surface area (Å²) in [5, 5.41) is 0.459. The second kappa shape index (κ2) is 7.64. The second-order valence-corrected chi connectivity index (χ2v) is 7.95. The van der Waals surface area contributed by atoms with Gasteiger partial charge in [-0.15, -0.1) is 0 Å². The third-order valence-electron chi connectivity index (χ3n) is 5.65. The number of rotatable bonds is 4. The van der Waals surface area contributed by atoms with E-state index in [1.165, 1.54) is 4.90 Å². The number of carbonyl (C=O) groups is 1. The highest BCUT2D eigenvalue weighted by molar-refractivity contribution is 6.10. The Morgan fingerprint density at radius 1 is 1.03 bits per heavy atom. The Morgan fingerprint density at radius 2 is 1.84 bits per heavy atom. The van der Waals surface area contributed by atoms with Crippen molar-refractivity contribution in [2.45, 2.75) is 26.8 Å². The number of fused-ring (bicyclic) bond motifs is 2. The summed E-state index contributed by atoms with van der Waals surface area (Å²) < 4.78 is 11.7. The van der Waals surface area contributed by atoms with Gasteiger partial charge in [-0.3, -0.25) is 14.5 Å². The van der Waals surface area contributed by atoms with Gasteiger partial charge >= 0.3 is 0 Å². The van der Waals surface area contributed by atoms with Gasteiger partial charge in [0.05, 0.1) is 23.6 Å². The standard InChI is InChI=1S/C26H22N2O4/c1-4-31-18-7-5-6-17(13-18)23-22-24(29)19-12-15(2)8-10-20(19)32-25(22)26(30)28(23)21-11-9-16(3)14-27-21/h5-14,23H,4H2,1-3H3. The van der Waals surface area contributed by atoms with Gasteiger partial charge in [0.15, 0.2) is 5.43 Å². The Labute approximate surface area is 185 Å². The lowest BCUT2D eigenvalue weighted by Crippen LogP contribution is -2.30. The predicted molar refractivity (Wildman–Crippen MR) is 122 cm³/mol. The smallest absolute Gasteiger partial charge is 0.296 e. The molecule has 2 aromatic heterocycles. The lowest BCUT2D eigenvalue weighted by molar-refractivity contribution is 0.0970. The van der Waals surface area contributed by atoms with Crippen molar-refractivity contribution in [3.05, 3.63) is 99.0 Å². The molecule has 0 aliphatic carbocycles. The van der Waals surface area contributed by atoms with Gasteiger partial charge < -0.3 is 9.15 Å². The van der Waals surface area contributed by atoms with E-state index in [0.717, 1.165) is 16.7 Å². The number of hydrogen-bond acceptors (Lipinski definition) is 5. The summed E-state index contributed by atoms with van der Waals surface area (Å²) in [5.41, 5.74) is 3.19. The van der Waals surface area contributed by atoms with Crippen molar-refractivity contribution >= 4 is 22.7 Å². The fourth-order valence-corrected chi connectivity index (χ4v) is 4.18. The second-order valence-electron chi connectivity index (χ2n) is 7.95. The topological polar surface area (TPSA) is 72.6 Å². The van der Waals surface area contributed by atoms with Gasteiger partial charge in [0, 0.05) is 6.20 Å². The average Bonchev–Trinajstić information content (AvgIpc) is 3.08. The molecule has 1 aliphatic heterocycles. The molecule has 6 heteroatoms. The van der Waals surface area contributed by atoms with E-state index < -0.39 is 6.04 Å². The molecule has 0 spiro atoms. The fraction of sp³-hybridized carbons (Fsp3) is 0.192. The molecular weight excluding hydrogens is 404 g/mol. The van der Waals surface area contributed by atoms with Crippen molar-refractivity contribution in [3.63, 3.8) is 0 Å². The monoisotopic (exact) mass is 426 g/mol. The highest BCUT2D eigenvalue weighted by Crippen LogP contribution is 2.41. The molecule has 2 aromatic carbocycles. The van der Waals surface area contributed by atoms with Gasteiger partial charge in [-0.2, -0.15) is 0 Å². The summed E-state index contributed by atoms with van der Waals surface area (Å²) in [6.45, 7) is 6.27. The van der Waals surface area contributed by atoms with E-state index >= 15 is 0 Å². The fourth-order valence-electron chi connectivity index (χ4n) is 4.18. The Hall–Kier alpha value is -3.93. The van der Waals surface area contributed by atoms with Crippen LogP contribution in [-0.2, 0) is 0 Å². The first kappa shape index (κ1) is 20.0. The molecule has 160 valence electrons. The number of amides is 1. The largest absolute Gasteiger partial charge is 0.494 e. The number of carbonyl (C=O) groups excluding carboxylic acids is 1. The van der Waals surface area contributed by atoms with Gasteiger partial charge in [0.2, 0.25) is 5.76 Å². The molecule has 1 atom stereocenters. The first-order chi connectivity index (χ1) is 15.5. The summed E-state index contributed by atoms with van der Waals surface area (Å²) >= 11 is 0. The summed E-state index contributed by atoms with van der Waals surface area (Å²) in [5.74, 6) is 0.797. The number of aromatic nitrogens is 1. The Morgan fingerprint density at radius 3 is 2.59 bits per heavy atom. The highest BCUT2D eigenvalue weighted by atomic mass is 16.5. The van der Waals surface area contributed by atoms with Gasteiger partial charge in [0.1, 0.15) is 17.2 Å². The zero-order valence-electron chi connectivity index (χ0n) is 18.1. The summed E-state index contributed by atoms with van der Waals surface area (Å²) in [6.07, 6.45) is 1.70. The molecule has 1 unspecified atom stereocenters. The molecule has 6 nitrogen and oxygen atoms in total. The van der Waals surface area contributed by atoms with Crippen LogP contribution in [0.5, 0.6) is 5.75 Å². The molecule has 0 N–H and O–H groups in total. The summed E-state index contributed by atoms with van der Waals surface area (Å²) in [4.78, 5) is 33.2. The van der Waals surface area contributed by atoms with Crippen molar-refractivity contribution in [2.24, 2.45) is 0 Å². The number of ether oxygens (including phenoxy) is 1. The molecule has 5 rings (SSSR count). The molecule has 0 fully saturated rings. The summed E-state index contributed by atoms with van der Waals surface area (Å²) in [6, 6.07) is 15.8. The van der Waals surface area contributed by atoms with Gasteiger partial charge in [-0.05, 0) is 62.2 Å². The lowest BCUT2D eigenvalue weighted by atomic mass is 9.98. The van der Waals surface area contributed by atoms with Crippen molar-refractivity contribution in [1.82, 2.24) is 4.98 Å². The normalized spacial score (nSPS) is 15.3. The molecule has 3 heterocycles. The first-order valence-corrected chi connectivity index (χ1v) is 10.5. The van der Waals surface area contributed by atoms with E-state index in [9.17, 15) is 9.59 Å². The van der Waals surface area contributed by atoms with E-state index in [2.05, 4.69) is 4.98 Å². The van der Waals surface area contributed by atoms with Crippen molar-refractivity contribution in [2.75, 3.05) is 11.5 Å². The third kappa shape index (κ3) is 3.15. The van der Waals surface area contributed by atoms with Crippen molar-refractivity contribution in [1.29, 1.82) is 0 Å². The number of pyridine rings is 1. The van der Waals surface area contributed by atoms with E-state index in [0.29, 0.717) is 34.7 Å².